The van der Waals surface area contributed by atoms with E-state index >= 15 is 0 Å². The minimum atomic E-state index is -3.10. The second kappa shape index (κ2) is 8.10. The normalized spacial score (nSPS) is 19.6. The Balaban J connectivity index is 1.62. The van der Waals surface area contributed by atoms with Crippen LogP contribution in [0.25, 0.3) is 17.0 Å². The van der Waals surface area contributed by atoms with Crippen molar-refractivity contribution in [2.45, 2.75) is 25.5 Å². The van der Waals surface area contributed by atoms with E-state index in [0.717, 1.165) is 16.5 Å². The van der Waals surface area contributed by atoms with Crippen molar-refractivity contribution in [2.24, 2.45) is 0 Å². The van der Waals surface area contributed by atoms with Crippen molar-refractivity contribution >= 4 is 38.7 Å². The maximum Gasteiger partial charge on any atom is 0.331 e. The van der Waals surface area contributed by atoms with Crippen LogP contribution in [0.1, 0.15) is 18.9 Å². The van der Waals surface area contributed by atoms with Gasteiger partial charge in [0.1, 0.15) is 0 Å². The summed E-state index contributed by atoms with van der Waals surface area (Å²) in [6, 6.07) is 9.02. The molecule has 1 aromatic carbocycles. The molecule has 0 saturated carbocycles. The van der Waals surface area contributed by atoms with Crippen LogP contribution in [0.4, 0.5) is 0 Å². The summed E-state index contributed by atoms with van der Waals surface area (Å²) < 4.78 is 28.4. The fourth-order valence-corrected chi connectivity index (χ4v) is 5.01. The molecule has 28 heavy (non-hydrogen) atoms. The highest BCUT2D eigenvalue weighted by Gasteiger charge is 2.34. The molecule has 1 fully saturated rings. The molecule has 2 unspecified atom stereocenters. The molecule has 3 rings (SSSR count). The Kier molecular flexibility index (Phi) is 5.79. The summed E-state index contributed by atoms with van der Waals surface area (Å²) in [5.41, 5.74) is 1.53. The first-order chi connectivity index (χ1) is 13.3. The van der Waals surface area contributed by atoms with E-state index in [1.807, 2.05) is 30.3 Å². The summed E-state index contributed by atoms with van der Waals surface area (Å²) in [5.74, 6) is -1.05. The van der Waals surface area contributed by atoms with Gasteiger partial charge in [-0.1, -0.05) is 24.3 Å². The van der Waals surface area contributed by atoms with E-state index in [0.29, 0.717) is 6.42 Å². The minimum Gasteiger partial charge on any atom is -0.449 e. The van der Waals surface area contributed by atoms with Crippen LogP contribution in [0, 0.1) is 0 Å². The molecule has 148 valence electrons. The number of likely N-dealkylation sites (N-methyl/N-ethyl adjacent to an activating group) is 1. The summed E-state index contributed by atoms with van der Waals surface area (Å²) in [6.45, 7) is 1.48. The van der Waals surface area contributed by atoms with E-state index in [9.17, 15) is 18.0 Å². The van der Waals surface area contributed by atoms with Gasteiger partial charge in [-0.2, -0.15) is 0 Å². The lowest BCUT2D eigenvalue weighted by Gasteiger charge is -2.26. The van der Waals surface area contributed by atoms with Gasteiger partial charge in [0.2, 0.25) is 0 Å². The number of benzene rings is 1. The highest BCUT2D eigenvalue weighted by atomic mass is 32.2. The smallest absolute Gasteiger partial charge is 0.331 e. The van der Waals surface area contributed by atoms with E-state index in [1.165, 1.54) is 24.9 Å². The van der Waals surface area contributed by atoms with Crippen LogP contribution >= 0.6 is 0 Å². The Hall–Kier alpha value is -2.74. The molecule has 0 aliphatic carbocycles. The molecule has 8 heteroatoms. The molecule has 0 spiro atoms. The van der Waals surface area contributed by atoms with E-state index in [4.69, 9.17) is 4.74 Å². The number of sulfone groups is 1. The molecular formula is C20H22N2O5S. The van der Waals surface area contributed by atoms with Crippen molar-refractivity contribution in [3.8, 4) is 0 Å². The highest BCUT2D eigenvalue weighted by Crippen LogP contribution is 2.19. The van der Waals surface area contributed by atoms with Crippen LogP contribution < -0.4 is 0 Å². The van der Waals surface area contributed by atoms with Gasteiger partial charge in [0.25, 0.3) is 5.91 Å². The van der Waals surface area contributed by atoms with Gasteiger partial charge >= 0.3 is 5.97 Å². The Morgan fingerprint density at radius 3 is 2.75 bits per heavy atom. The van der Waals surface area contributed by atoms with Crippen LogP contribution in [-0.4, -0.2) is 60.9 Å². The third-order valence-corrected chi connectivity index (χ3v) is 6.56. The number of nitrogens with zero attached hydrogens (tertiary/aromatic N) is 2. The number of para-hydroxylation sites is 1. The number of esters is 1. The van der Waals surface area contributed by atoms with Crippen molar-refractivity contribution in [1.29, 1.82) is 0 Å². The van der Waals surface area contributed by atoms with Crippen molar-refractivity contribution in [2.75, 3.05) is 18.6 Å². The number of hydrogen-bond acceptors (Lipinski definition) is 6. The predicted molar refractivity (Wildman–Crippen MR) is 106 cm³/mol. The van der Waals surface area contributed by atoms with Crippen LogP contribution in [0.3, 0.4) is 0 Å². The Bertz CT molecular complexity index is 1030. The third kappa shape index (κ3) is 4.56. The largest absolute Gasteiger partial charge is 0.449 e. The lowest BCUT2D eigenvalue weighted by Crippen LogP contribution is -2.44. The van der Waals surface area contributed by atoms with Gasteiger partial charge < -0.3 is 9.64 Å². The number of aromatic nitrogens is 1. The molecule has 1 amide bonds. The van der Waals surface area contributed by atoms with E-state index in [2.05, 4.69) is 4.98 Å². The molecule has 0 bridgehead atoms. The van der Waals surface area contributed by atoms with E-state index in [1.54, 1.807) is 12.3 Å². The molecule has 1 aromatic heterocycles. The maximum atomic E-state index is 12.4. The Labute approximate surface area is 163 Å². The van der Waals surface area contributed by atoms with E-state index < -0.39 is 27.8 Å². The first kappa shape index (κ1) is 20.0. The second-order valence-electron chi connectivity index (χ2n) is 6.84. The van der Waals surface area contributed by atoms with Crippen molar-refractivity contribution in [1.82, 2.24) is 9.88 Å². The zero-order valence-electron chi connectivity index (χ0n) is 15.7. The molecule has 0 N–H and O–H groups in total. The summed E-state index contributed by atoms with van der Waals surface area (Å²) in [5, 5.41) is 0.953. The zero-order valence-corrected chi connectivity index (χ0v) is 16.6. The molecular weight excluding hydrogens is 380 g/mol. The van der Waals surface area contributed by atoms with Crippen LogP contribution in [-0.2, 0) is 24.2 Å². The van der Waals surface area contributed by atoms with Gasteiger partial charge in [0.05, 0.1) is 17.0 Å². The fraction of sp³-hybridized carbons (Fsp3) is 0.350. The van der Waals surface area contributed by atoms with Crippen LogP contribution in [0.5, 0.6) is 0 Å². The summed E-state index contributed by atoms with van der Waals surface area (Å²) in [7, 11) is -1.56. The van der Waals surface area contributed by atoms with Gasteiger partial charge in [-0.15, -0.1) is 0 Å². The number of carbonyl (C=O) groups excluding carboxylic acids is 2. The molecule has 1 saturated heterocycles. The minimum absolute atomic E-state index is 0.0517. The fourth-order valence-electron chi connectivity index (χ4n) is 3.23. The number of pyridine rings is 1. The monoisotopic (exact) mass is 402 g/mol. The van der Waals surface area contributed by atoms with Gasteiger partial charge in [0.15, 0.2) is 15.9 Å². The number of amides is 1. The quantitative estimate of drug-likeness (QED) is 0.559. The van der Waals surface area contributed by atoms with Gasteiger partial charge in [-0.05, 0) is 25.5 Å². The number of ether oxygens (including phenoxy) is 1. The summed E-state index contributed by atoms with van der Waals surface area (Å²) in [6.07, 6.45) is 3.93. The number of fused-ring (bicyclic) bond motifs is 1. The Morgan fingerprint density at radius 2 is 2.04 bits per heavy atom. The molecule has 2 aromatic rings. The molecule has 1 aliphatic rings. The van der Waals surface area contributed by atoms with Crippen molar-refractivity contribution in [3.05, 3.63) is 48.2 Å². The topological polar surface area (TPSA) is 93.6 Å². The standard InChI is InChI=1S/C20H22N2O5S/c1-14(20(24)22(2)17-10-12-28(25,26)13-17)27-18(23)9-8-16-6-3-5-15-7-4-11-21-19(15)16/h3-9,11,14,17H,10,12-13H2,1-2H3/b9-8+. The molecule has 0 radical (unpaired) electrons. The Morgan fingerprint density at radius 1 is 1.29 bits per heavy atom. The summed E-state index contributed by atoms with van der Waals surface area (Å²) in [4.78, 5) is 30.2. The first-order valence-corrected chi connectivity index (χ1v) is 10.8. The number of hydrogen-bond donors (Lipinski definition) is 0. The molecule has 7 nitrogen and oxygen atoms in total. The zero-order chi connectivity index (χ0) is 20.3. The predicted octanol–water partition coefficient (Wildman–Crippen LogP) is 1.83. The summed E-state index contributed by atoms with van der Waals surface area (Å²) >= 11 is 0. The third-order valence-electron chi connectivity index (χ3n) is 4.81. The van der Waals surface area contributed by atoms with Crippen LogP contribution in [0.2, 0.25) is 0 Å². The van der Waals surface area contributed by atoms with E-state index in [-0.39, 0.29) is 17.5 Å². The van der Waals surface area contributed by atoms with Crippen molar-refractivity contribution < 1.29 is 22.7 Å². The average molecular weight is 402 g/mol. The maximum absolute atomic E-state index is 12.4. The number of rotatable bonds is 5. The van der Waals surface area contributed by atoms with Gasteiger partial charge in [0, 0.05) is 36.3 Å². The van der Waals surface area contributed by atoms with Gasteiger partial charge in [-0.25, -0.2) is 13.2 Å². The lowest BCUT2D eigenvalue weighted by molar-refractivity contribution is -0.155. The first-order valence-electron chi connectivity index (χ1n) is 8.96. The molecule has 2 atom stereocenters. The number of carbonyl (C=O) groups is 2. The highest BCUT2D eigenvalue weighted by molar-refractivity contribution is 7.91. The van der Waals surface area contributed by atoms with Gasteiger partial charge in [-0.3, -0.25) is 9.78 Å². The second-order valence-corrected chi connectivity index (χ2v) is 9.07. The lowest BCUT2D eigenvalue weighted by atomic mass is 10.1. The molecule has 2 heterocycles. The van der Waals surface area contributed by atoms with Crippen LogP contribution in [0.15, 0.2) is 42.6 Å². The van der Waals surface area contributed by atoms with Crippen molar-refractivity contribution in [3.63, 3.8) is 0 Å². The molecule has 1 aliphatic heterocycles. The average Bonchev–Trinajstić information content (AvgIpc) is 3.04. The SMILES string of the molecule is CC(OC(=O)/C=C/c1cccc2cccnc12)C(=O)N(C)C1CCS(=O)(=O)C1.